The summed E-state index contributed by atoms with van der Waals surface area (Å²) in [5.41, 5.74) is 8.77. The highest BCUT2D eigenvalue weighted by atomic mass is 32.2. The average molecular weight is 442 g/mol. The van der Waals surface area contributed by atoms with E-state index in [0.29, 0.717) is 13.1 Å². The highest BCUT2D eigenvalue weighted by molar-refractivity contribution is 7.90. The molecule has 1 aromatic heterocycles. The zero-order valence-electron chi connectivity index (χ0n) is 18.0. The number of benzene rings is 1. The number of sulfonamides is 1. The standard InChI is InChI=1S/C23H31N5O2S/c1-2-8-25-15-19(14-24)18-12-17-5-9-26-16-22(17)23(13-18)27-20-6-10-28(11-7-20)31(29,30)21-3-4-21/h5,9,12-16,20-21,27H,2-4,6-8,10-11,24H2,1H3/b19-14+,25-15?. The summed E-state index contributed by atoms with van der Waals surface area (Å²) < 4.78 is 26.7. The molecule has 0 atom stereocenters. The molecular weight excluding hydrogens is 410 g/mol. The van der Waals surface area contributed by atoms with Crippen molar-refractivity contribution in [3.05, 3.63) is 42.4 Å². The van der Waals surface area contributed by atoms with E-state index in [9.17, 15) is 8.42 Å². The van der Waals surface area contributed by atoms with E-state index >= 15 is 0 Å². The molecule has 1 aliphatic heterocycles. The zero-order chi connectivity index (χ0) is 21.8. The van der Waals surface area contributed by atoms with Gasteiger partial charge < -0.3 is 11.1 Å². The summed E-state index contributed by atoms with van der Waals surface area (Å²) in [7, 11) is -3.09. The largest absolute Gasteiger partial charge is 0.404 e. The highest BCUT2D eigenvalue weighted by Crippen LogP contribution is 2.33. The van der Waals surface area contributed by atoms with Crippen LogP contribution in [0.5, 0.6) is 0 Å². The van der Waals surface area contributed by atoms with Crippen molar-refractivity contribution in [2.45, 2.75) is 50.3 Å². The lowest BCUT2D eigenvalue weighted by atomic mass is 10.00. The summed E-state index contributed by atoms with van der Waals surface area (Å²) in [5.74, 6) is 0. The minimum Gasteiger partial charge on any atom is -0.404 e. The quantitative estimate of drug-likeness (QED) is 0.612. The van der Waals surface area contributed by atoms with Gasteiger partial charge in [-0.15, -0.1) is 0 Å². The number of allylic oxidation sites excluding steroid dienone is 1. The lowest BCUT2D eigenvalue weighted by Gasteiger charge is -2.32. The summed E-state index contributed by atoms with van der Waals surface area (Å²) in [5, 5.41) is 5.63. The minimum atomic E-state index is -3.09. The number of nitrogens with two attached hydrogens (primary N) is 1. The summed E-state index contributed by atoms with van der Waals surface area (Å²) in [6.45, 7) is 4.01. The number of hydrogen-bond donors (Lipinski definition) is 2. The Balaban J connectivity index is 1.54. The number of rotatable bonds is 8. The van der Waals surface area contributed by atoms with Gasteiger partial charge in [0.2, 0.25) is 10.0 Å². The molecule has 2 fully saturated rings. The maximum atomic E-state index is 12.5. The SMILES string of the molecule is CCCN=C/C(=C\N)c1cc(NC2CCN(S(=O)(=O)C3CC3)CC2)c2cnccc2c1. The first-order valence-electron chi connectivity index (χ1n) is 11.1. The molecule has 1 aromatic carbocycles. The van der Waals surface area contributed by atoms with Crippen LogP contribution >= 0.6 is 0 Å². The van der Waals surface area contributed by atoms with Crippen molar-refractivity contribution in [1.82, 2.24) is 9.29 Å². The normalized spacial score (nSPS) is 19.3. The monoisotopic (exact) mass is 441 g/mol. The summed E-state index contributed by atoms with van der Waals surface area (Å²) in [6, 6.07) is 6.40. The number of nitrogens with zero attached hydrogens (tertiary/aromatic N) is 3. The van der Waals surface area contributed by atoms with Crippen molar-refractivity contribution in [3.8, 4) is 0 Å². The Morgan fingerprint density at radius 1 is 1.29 bits per heavy atom. The van der Waals surface area contributed by atoms with Crippen LogP contribution in [0.2, 0.25) is 0 Å². The molecule has 3 N–H and O–H groups in total. The number of piperidine rings is 1. The second-order valence-corrected chi connectivity index (χ2v) is 10.6. The number of nitrogens with one attached hydrogen (secondary N) is 1. The predicted octanol–water partition coefficient (Wildman–Crippen LogP) is 3.38. The average Bonchev–Trinajstić information content (AvgIpc) is 3.63. The molecular formula is C23H31N5O2S. The van der Waals surface area contributed by atoms with Gasteiger partial charge in [-0.05, 0) is 61.3 Å². The molecule has 0 radical (unpaired) electrons. The first-order valence-corrected chi connectivity index (χ1v) is 12.6. The van der Waals surface area contributed by atoms with Gasteiger partial charge in [-0.1, -0.05) is 6.92 Å². The maximum absolute atomic E-state index is 12.5. The minimum absolute atomic E-state index is 0.139. The van der Waals surface area contributed by atoms with E-state index in [2.05, 4.69) is 34.3 Å². The third kappa shape index (κ3) is 4.91. The molecule has 1 saturated carbocycles. The Labute approximate surface area is 184 Å². The van der Waals surface area contributed by atoms with Gasteiger partial charge in [-0.25, -0.2) is 12.7 Å². The Bertz CT molecular complexity index is 1080. The first-order chi connectivity index (χ1) is 15.0. The van der Waals surface area contributed by atoms with Crippen LogP contribution in [0.4, 0.5) is 5.69 Å². The van der Waals surface area contributed by atoms with Crippen LogP contribution in [0.3, 0.4) is 0 Å². The van der Waals surface area contributed by atoms with Gasteiger partial charge in [0, 0.05) is 67.1 Å². The van der Waals surface area contributed by atoms with Crippen LogP contribution in [0.25, 0.3) is 16.3 Å². The molecule has 0 spiro atoms. The van der Waals surface area contributed by atoms with Crippen molar-refractivity contribution in [1.29, 1.82) is 0 Å². The third-order valence-electron chi connectivity index (χ3n) is 5.97. The molecule has 0 bridgehead atoms. The van der Waals surface area contributed by atoms with Gasteiger partial charge in [0.05, 0.1) is 5.25 Å². The fraction of sp³-hybridized carbons (Fsp3) is 0.478. The van der Waals surface area contributed by atoms with Crippen molar-refractivity contribution < 1.29 is 8.42 Å². The van der Waals surface area contributed by atoms with Crippen LogP contribution in [0.15, 0.2) is 41.8 Å². The van der Waals surface area contributed by atoms with E-state index in [1.807, 2.05) is 18.5 Å². The number of pyridine rings is 1. The molecule has 0 unspecified atom stereocenters. The van der Waals surface area contributed by atoms with Crippen LogP contribution in [0, 0.1) is 0 Å². The number of anilines is 1. The van der Waals surface area contributed by atoms with E-state index in [1.54, 1.807) is 16.7 Å². The first kappa shape index (κ1) is 21.8. The van der Waals surface area contributed by atoms with Gasteiger partial charge in [-0.2, -0.15) is 0 Å². The molecule has 1 aliphatic carbocycles. The Kier molecular flexibility index (Phi) is 6.57. The Morgan fingerprint density at radius 2 is 2.06 bits per heavy atom. The molecule has 4 rings (SSSR count). The molecule has 2 aliphatic rings. The fourth-order valence-electron chi connectivity index (χ4n) is 4.04. The molecule has 2 heterocycles. The fourth-order valence-corrected chi connectivity index (χ4v) is 5.91. The Hall–Kier alpha value is -2.45. The number of fused-ring (bicyclic) bond motifs is 1. The molecule has 166 valence electrons. The van der Waals surface area contributed by atoms with Crippen LogP contribution in [0.1, 0.15) is 44.6 Å². The number of hydrogen-bond acceptors (Lipinski definition) is 6. The molecule has 8 heteroatoms. The van der Waals surface area contributed by atoms with E-state index in [1.165, 1.54) is 0 Å². The van der Waals surface area contributed by atoms with E-state index in [-0.39, 0.29) is 11.3 Å². The van der Waals surface area contributed by atoms with Crippen LogP contribution in [-0.2, 0) is 10.0 Å². The van der Waals surface area contributed by atoms with E-state index < -0.39 is 10.0 Å². The maximum Gasteiger partial charge on any atom is 0.216 e. The number of aromatic nitrogens is 1. The molecule has 0 amide bonds. The summed E-state index contributed by atoms with van der Waals surface area (Å²) >= 11 is 0. The molecule has 2 aromatic rings. The van der Waals surface area contributed by atoms with Gasteiger partial charge in [0.1, 0.15) is 0 Å². The zero-order valence-corrected chi connectivity index (χ0v) is 18.8. The lowest BCUT2D eigenvalue weighted by Crippen LogP contribution is -2.43. The second-order valence-electron chi connectivity index (χ2n) is 8.34. The van der Waals surface area contributed by atoms with Crippen molar-refractivity contribution in [3.63, 3.8) is 0 Å². The second kappa shape index (κ2) is 9.36. The molecule has 31 heavy (non-hydrogen) atoms. The topological polar surface area (TPSA) is 101 Å². The van der Waals surface area contributed by atoms with Crippen molar-refractivity contribution in [2.24, 2.45) is 10.7 Å². The summed E-state index contributed by atoms with van der Waals surface area (Å²) in [6.07, 6.45) is 11.3. The molecule has 7 nitrogen and oxygen atoms in total. The van der Waals surface area contributed by atoms with Crippen molar-refractivity contribution in [2.75, 3.05) is 25.0 Å². The smallest absolute Gasteiger partial charge is 0.216 e. The molecule has 1 saturated heterocycles. The van der Waals surface area contributed by atoms with Crippen molar-refractivity contribution >= 4 is 38.3 Å². The lowest BCUT2D eigenvalue weighted by molar-refractivity contribution is 0.329. The van der Waals surface area contributed by atoms with Gasteiger partial charge in [-0.3, -0.25) is 9.98 Å². The van der Waals surface area contributed by atoms with Crippen LogP contribution < -0.4 is 11.1 Å². The third-order valence-corrected chi connectivity index (χ3v) is 8.37. The van der Waals surface area contributed by atoms with E-state index in [4.69, 9.17) is 5.73 Å². The van der Waals surface area contributed by atoms with Gasteiger partial charge >= 0.3 is 0 Å². The predicted molar refractivity (Wildman–Crippen MR) is 128 cm³/mol. The van der Waals surface area contributed by atoms with Crippen LogP contribution in [-0.4, -0.2) is 54.8 Å². The highest BCUT2D eigenvalue weighted by Gasteiger charge is 2.41. The number of aliphatic imine (C=N–C) groups is 1. The van der Waals surface area contributed by atoms with Gasteiger partial charge in [0.25, 0.3) is 0 Å². The summed E-state index contributed by atoms with van der Waals surface area (Å²) in [4.78, 5) is 8.74. The van der Waals surface area contributed by atoms with E-state index in [0.717, 1.165) is 66.2 Å². The Morgan fingerprint density at radius 3 is 2.74 bits per heavy atom. The van der Waals surface area contributed by atoms with Gasteiger partial charge in [0.15, 0.2) is 0 Å².